The Hall–Kier alpha value is -9.64. The van der Waals surface area contributed by atoms with Gasteiger partial charge in [0.25, 0.3) is 0 Å². The van der Waals surface area contributed by atoms with E-state index in [4.69, 9.17) is 9.97 Å². The van der Waals surface area contributed by atoms with Gasteiger partial charge in [-0.1, -0.05) is 194 Å². The molecule has 16 rings (SSSR count). The van der Waals surface area contributed by atoms with Gasteiger partial charge >= 0.3 is 0 Å². The first-order valence-electron chi connectivity index (χ1n) is 25.2. The molecule has 2 aliphatic carbocycles. The van der Waals surface area contributed by atoms with Crippen LogP contribution in [0, 0.1) is 0 Å². The third kappa shape index (κ3) is 5.55. The Morgan fingerprint density at radius 1 is 0.301 bits per heavy atom. The lowest BCUT2D eigenvalue weighted by Crippen LogP contribution is -2.25. The molecular formula is C69H42N4. The highest BCUT2D eigenvalue weighted by Gasteiger charge is 2.52. The van der Waals surface area contributed by atoms with Crippen LogP contribution in [0.2, 0.25) is 0 Å². The third-order valence-corrected chi connectivity index (χ3v) is 15.9. The molecule has 3 heterocycles. The highest BCUT2D eigenvalue weighted by atomic mass is 15.1. The molecule has 4 nitrogen and oxygen atoms in total. The molecule has 0 saturated carbocycles. The maximum absolute atomic E-state index is 5.80. The van der Waals surface area contributed by atoms with Gasteiger partial charge in [-0.25, -0.2) is 9.97 Å². The highest BCUT2D eigenvalue weighted by molar-refractivity contribution is 6.19. The van der Waals surface area contributed by atoms with Gasteiger partial charge in [-0.3, -0.25) is 4.57 Å². The van der Waals surface area contributed by atoms with Crippen molar-refractivity contribution in [3.63, 3.8) is 0 Å². The Balaban J connectivity index is 0.983. The molecular weight excluding hydrogens is 885 g/mol. The van der Waals surface area contributed by atoms with Gasteiger partial charge in [-0.05, 0) is 122 Å². The van der Waals surface area contributed by atoms with E-state index in [9.17, 15) is 0 Å². The number of rotatable bonds is 5. The fourth-order valence-electron chi connectivity index (χ4n) is 13.0. The fourth-order valence-corrected chi connectivity index (χ4v) is 13.0. The second kappa shape index (κ2) is 15.2. The second-order valence-electron chi connectivity index (χ2n) is 19.6. The monoisotopic (exact) mass is 926 g/mol. The zero-order valence-electron chi connectivity index (χ0n) is 39.5. The summed E-state index contributed by atoms with van der Waals surface area (Å²) in [6.07, 6.45) is 0. The molecule has 0 N–H and O–H groups in total. The van der Waals surface area contributed by atoms with Gasteiger partial charge < -0.3 is 4.57 Å². The maximum Gasteiger partial charge on any atom is 0.145 e. The van der Waals surface area contributed by atoms with Gasteiger partial charge in [-0.15, -0.1) is 0 Å². The molecule has 4 heteroatoms. The minimum absolute atomic E-state index is 0.491. The Kier molecular flexibility index (Phi) is 8.35. The lowest BCUT2D eigenvalue weighted by atomic mass is 9.70. The lowest BCUT2D eigenvalue weighted by Gasteiger charge is -2.30. The molecule has 11 aromatic carbocycles. The van der Waals surface area contributed by atoms with Gasteiger partial charge in [0, 0.05) is 44.0 Å². The van der Waals surface area contributed by atoms with Crippen molar-refractivity contribution in [2.75, 3.05) is 0 Å². The molecule has 0 amide bonds. The quantitative estimate of drug-likeness (QED) is 0.161. The average Bonchev–Trinajstić information content (AvgIpc) is 4.19. The van der Waals surface area contributed by atoms with Crippen LogP contribution in [0.3, 0.4) is 0 Å². The van der Waals surface area contributed by atoms with Crippen molar-refractivity contribution in [1.82, 2.24) is 19.1 Å². The summed E-state index contributed by atoms with van der Waals surface area (Å²) in [5.74, 6) is 0.907. The summed E-state index contributed by atoms with van der Waals surface area (Å²) < 4.78 is 4.71. The average molecular weight is 927 g/mol. The molecule has 338 valence electrons. The molecule has 2 aliphatic rings. The van der Waals surface area contributed by atoms with E-state index in [1.165, 1.54) is 66.1 Å². The molecule has 0 unspecified atom stereocenters. The Morgan fingerprint density at radius 3 is 1.53 bits per heavy atom. The molecule has 0 bridgehead atoms. The summed E-state index contributed by atoms with van der Waals surface area (Å²) >= 11 is 0. The molecule has 0 saturated heterocycles. The van der Waals surface area contributed by atoms with Crippen LogP contribution in [0.25, 0.3) is 122 Å². The second-order valence-corrected chi connectivity index (χ2v) is 19.6. The van der Waals surface area contributed by atoms with E-state index in [-0.39, 0.29) is 0 Å². The van der Waals surface area contributed by atoms with Crippen molar-refractivity contribution in [3.8, 4) is 67.4 Å². The number of fused-ring (bicyclic) bond motifs is 18. The van der Waals surface area contributed by atoms with Crippen molar-refractivity contribution in [2.45, 2.75) is 5.41 Å². The predicted molar refractivity (Wildman–Crippen MR) is 301 cm³/mol. The minimum Gasteiger partial charge on any atom is -0.309 e. The first-order chi connectivity index (χ1) is 36.2. The van der Waals surface area contributed by atoms with Crippen LogP contribution in [-0.2, 0) is 5.41 Å². The van der Waals surface area contributed by atoms with Crippen molar-refractivity contribution in [1.29, 1.82) is 0 Å². The number of hydrogen-bond donors (Lipinski definition) is 0. The van der Waals surface area contributed by atoms with Crippen LogP contribution in [0.5, 0.6) is 0 Å². The lowest BCUT2D eigenvalue weighted by molar-refractivity contribution is 0.794. The number of para-hydroxylation sites is 6. The van der Waals surface area contributed by atoms with Crippen LogP contribution in [0.4, 0.5) is 0 Å². The van der Waals surface area contributed by atoms with Crippen LogP contribution in [0.15, 0.2) is 255 Å². The molecule has 73 heavy (non-hydrogen) atoms. The number of nitrogens with zero attached hydrogens (tertiary/aromatic N) is 4. The minimum atomic E-state index is -0.491. The molecule has 1 spiro atoms. The third-order valence-electron chi connectivity index (χ3n) is 15.9. The van der Waals surface area contributed by atoms with Crippen LogP contribution in [0.1, 0.15) is 22.3 Å². The van der Waals surface area contributed by atoms with Crippen LogP contribution in [-0.4, -0.2) is 19.1 Å². The van der Waals surface area contributed by atoms with E-state index in [2.05, 4.69) is 264 Å². The Bertz CT molecular complexity index is 4510. The Labute approximate surface area is 421 Å². The molecule has 0 aliphatic heterocycles. The first-order valence-corrected chi connectivity index (χ1v) is 25.2. The van der Waals surface area contributed by atoms with Gasteiger partial charge in [0.05, 0.1) is 38.7 Å². The smallest absolute Gasteiger partial charge is 0.145 e. The highest BCUT2D eigenvalue weighted by Crippen LogP contribution is 2.64. The van der Waals surface area contributed by atoms with E-state index in [1.807, 2.05) is 0 Å². The fraction of sp³-hybridized carbons (Fsp3) is 0.0145. The molecule has 3 aromatic heterocycles. The summed E-state index contributed by atoms with van der Waals surface area (Å²) in [6.45, 7) is 0. The van der Waals surface area contributed by atoms with E-state index < -0.39 is 5.41 Å². The van der Waals surface area contributed by atoms with Crippen LogP contribution < -0.4 is 0 Å². The zero-order valence-corrected chi connectivity index (χ0v) is 39.5. The van der Waals surface area contributed by atoms with Crippen molar-refractivity contribution in [3.05, 3.63) is 277 Å². The first kappa shape index (κ1) is 40.1. The standard InChI is InChI=1S/C69H42N4/c1-2-18-47(19-3-1)73-64-33-17-14-30-61(64)71-68(73)44-36-34-43(35-37-44)45-40-46(42-48(41-45)72-62-31-15-8-23-52(62)53-24-9-16-32-63(53)72)67-66-54(51-22-7-13-29-60(51)70-67)38-39-59-65(66)55-25-6-12-28-58(55)69(59)56-26-10-4-20-49(56)50-21-5-11-27-57(50)69/h1-42H. The molecule has 0 atom stereocenters. The van der Waals surface area contributed by atoms with E-state index in [0.29, 0.717) is 0 Å². The SMILES string of the molecule is c1ccc(-n2c(-c3ccc(-c4cc(-c5nc6ccccc6c6ccc7c(c56)-c5ccccc5C75c6ccccc6-c6ccccc65)cc(-n5c6ccccc6c6ccccc65)c4)cc3)nc3ccccc32)cc1. The zero-order chi connectivity index (χ0) is 47.8. The molecule has 0 radical (unpaired) electrons. The van der Waals surface area contributed by atoms with E-state index in [1.54, 1.807) is 0 Å². The summed E-state index contributed by atoms with van der Waals surface area (Å²) in [5, 5.41) is 5.96. The molecule has 14 aromatic rings. The largest absolute Gasteiger partial charge is 0.309 e. The van der Waals surface area contributed by atoms with E-state index in [0.717, 1.165) is 78.1 Å². The number of aromatic nitrogens is 4. The Morgan fingerprint density at radius 2 is 0.836 bits per heavy atom. The van der Waals surface area contributed by atoms with Crippen molar-refractivity contribution < 1.29 is 0 Å². The van der Waals surface area contributed by atoms with Crippen molar-refractivity contribution in [2.24, 2.45) is 0 Å². The maximum atomic E-state index is 5.80. The number of hydrogen-bond acceptors (Lipinski definition) is 2. The van der Waals surface area contributed by atoms with E-state index >= 15 is 0 Å². The number of imidazole rings is 1. The predicted octanol–water partition coefficient (Wildman–Crippen LogP) is 17.2. The van der Waals surface area contributed by atoms with Gasteiger partial charge in [0.2, 0.25) is 0 Å². The van der Waals surface area contributed by atoms with Crippen LogP contribution >= 0.6 is 0 Å². The summed E-state index contributed by atoms with van der Waals surface area (Å²) in [7, 11) is 0. The summed E-state index contributed by atoms with van der Waals surface area (Å²) in [5.41, 5.74) is 22.6. The van der Waals surface area contributed by atoms with Gasteiger partial charge in [-0.2, -0.15) is 0 Å². The van der Waals surface area contributed by atoms with Gasteiger partial charge in [0.1, 0.15) is 5.82 Å². The summed E-state index contributed by atoms with van der Waals surface area (Å²) in [6, 6.07) is 93.3. The topological polar surface area (TPSA) is 35.6 Å². The van der Waals surface area contributed by atoms with Crippen molar-refractivity contribution >= 4 is 54.5 Å². The number of benzene rings is 11. The summed E-state index contributed by atoms with van der Waals surface area (Å²) in [4.78, 5) is 11.0. The molecule has 0 fully saturated rings. The number of pyridine rings is 1. The normalized spacial score (nSPS) is 13.0. The van der Waals surface area contributed by atoms with Gasteiger partial charge in [0.15, 0.2) is 0 Å².